The summed E-state index contributed by atoms with van der Waals surface area (Å²) in [4.78, 5) is 13.8. The zero-order chi connectivity index (χ0) is 7.56. The van der Waals surface area contributed by atoms with Crippen molar-refractivity contribution in [2.45, 2.75) is 0 Å². The van der Waals surface area contributed by atoms with E-state index in [1.807, 2.05) is 0 Å². The monoisotopic (exact) mass is 364 g/mol. The van der Waals surface area contributed by atoms with E-state index in [0.29, 0.717) is 0 Å². The first-order chi connectivity index (χ1) is 4.70. The fourth-order valence-electron chi connectivity index (χ4n) is 0.564. The van der Waals surface area contributed by atoms with Gasteiger partial charge in [0.15, 0.2) is 0 Å². The van der Waals surface area contributed by atoms with Gasteiger partial charge in [-0.3, -0.25) is 0 Å². The Labute approximate surface area is 99.4 Å². The molecule has 0 spiro atoms. The first-order valence-electron chi connectivity index (χ1n) is 2.61. The number of rotatable bonds is 1. The number of aromatic nitrogens is 1. The number of aromatic carboxylic acids is 1. The zero-order valence-electron chi connectivity index (χ0n) is 5.61. The molecule has 1 rings (SSSR count). The summed E-state index contributed by atoms with van der Waals surface area (Å²) in [7, 11) is 0. The average molecular weight is 364 g/mol. The fraction of sp³-hybridized carbons (Fsp3) is 0. The molecule has 0 aromatic carbocycles. The van der Waals surface area contributed by atoms with Gasteiger partial charge >= 0.3 is 5.97 Å². The standard InChI is InChI=1S/C6H6N2O2.Ac/c7-5-3-4(6(9)10)1-2-8-5;/h1-3H,(H3,7,8,9,10);/p-1. The van der Waals surface area contributed by atoms with Gasteiger partial charge in [0.05, 0.1) is 5.56 Å². The Morgan fingerprint density at radius 2 is 2.27 bits per heavy atom. The number of nitrogens with zero attached hydrogens (tertiary/aromatic N) is 1. The molecular weight excluding hydrogens is 359 g/mol. The van der Waals surface area contributed by atoms with Crippen LogP contribution in [-0.4, -0.2) is 16.1 Å². The van der Waals surface area contributed by atoms with Crippen molar-refractivity contribution >= 4 is 11.8 Å². The van der Waals surface area contributed by atoms with E-state index in [0.717, 1.165) is 0 Å². The molecule has 4 nitrogen and oxygen atoms in total. The minimum absolute atomic E-state index is 0. The van der Waals surface area contributed by atoms with E-state index in [1.54, 1.807) is 0 Å². The molecule has 11 heavy (non-hydrogen) atoms. The predicted octanol–water partition coefficient (Wildman–Crippen LogP) is 1.46. The summed E-state index contributed by atoms with van der Waals surface area (Å²) in [5, 5.41) is 8.40. The molecule has 0 saturated carbocycles. The Morgan fingerprint density at radius 1 is 1.64 bits per heavy atom. The number of pyridine rings is 1. The summed E-state index contributed by atoms with van der Waals surface area (Å²) >= 11 is 0. The van der Waals surface area contributed by atoms with Gasteiger partial charge in [0.25, 0.3) is 0 Å². The van der Waals surface area contributed by atoms with Crippen LogP contribution in [0.4, 0.5) is 5.82 Å². The van der Waals surface area contributed by atoms with Gasteiger partial charge in [-0.2, -0.15) is 0 Å². The van der Waals surface area contributed by atoms with Crippen molar-refractivity contribution in [3.05, 3.63) is 29.6 Å². The van der Waals surface area contributed by atoms with Crippen LogP contribution in [0, 0.1) is 44.1 Å². The van der Waals surface area contributed by atoms with Crippen molar-refractivity contribution in [2.24, 2.45) is 0 Å². The SMILES string of the molecule is [Ac].[NH-]c1cc(C(=O)O)ccn1. The average Bonchev–Trinajstić information content (AvgIpc) is 1.88. The molecule has 0 aliphatic rings. The molecule has 1 radical (unpaired) electrons. The molecular formula is C6H5AcN2O2-. The zero-order valence-corrected chi connectivity index (χ0v) is 10.4. The topological polar surface area (TPSA) is 74.0 Å². The largest absolute Gasteiger partial charge is 0.482 e. The smallest absolute Gasteiger partial charge is 0.335 e. The second kappa shape index (κ2) is 4.68. The van der Waals surface area contributed by atoms with Gasteiger partial charge in [0.1, 0.15) is 0 Å². The van der Waals surface area contributed by atoms with Gasteiger partial charge in [0.2, 0.25) is 0 Å². The van der Waals surface area contributed by atoms with Crippen molar-refractivity contribution in [3.63, 3.8) is 0 Å². The van der Waals surface area contributed by atoms with Gasteiger partial charge in [-0.1, -0.05) is 18.1 Å². The maximum Gasteiger partial charge on any atom is 0.335 e. The molecule has 0 atom stereocenters. The number of hydrogen-bond acceptors (Lipinski definition) is 2. The van der Waals surface area contributed by atoms with Crippen LogP contribution >= 0.6 is 0 Å². The minimum Gasteiger partial charge on any atom is -0.482 e. The third-order valence-corrected chi connectivity index (χ3v) is 1.01. The van der Waals surface area contributed by atoms with E-state index in [1.165, 1.54) is 18.3 Å². The number of nitrogens with one attached hydrogen (secondary N) is 1. The first-order valence-corrected chi connectivity index (χ1v) is 2.61. The Bertz CT molecular complexity index is 265. The van der Waals surface area contributed by atoms with E-state index >= 15 is 0 Å². The summed E-state index contributed by atoms with van der Waals surface area (Å²) < 4.78 is 0. The molecule has 0 fully saturated rings. The molecule has 0 aliphatic heterocycles. The molecule has 0 amide bonds. The van der Waals surface area contributed by atoms with Gasteiger partial charge in [-0.25, -0.2) is 4.79 Å². The van der Waals surface area contributed by atoms with Crippen LogP contribution in [0.5, 0.6) is 0 Å². The van der Waals surface area contributed by atoms with Crippen LogP contribution in [0.25, 0.3) is 5.73 Å². The summed E-state index contributed by atoms with van der Waals surface area (Å²) in [6, 6.07) is 2.54. The molecule has 0 unspecified atom stereocenters. The summed E-state index contributed by atoms with van der Waals surface area (Å²) in [6.45, 7) is 0. The summed E-state index contributed by atoms with van der Waals surface area (Å²) in [5.74, 6) is -1.06. The third-order valence-electron chi connectivity index (χ3n) is 1.01. The van der Waals surface area contributed by atoms with Gasteiger partial charge < -0.3 is 15.8 Å². The Balaban J connectivity index is 0.000001000. The number of hydrogen-bond donors (Lipinski definition) is 1. The minimum atomic E-state index is -1.03. The van der Waals surface area contributed by atoms with Crippen LogP contribution in [0.3, 0.4) is 0 Å². The van der Waals surface area contributed by atoms with Crippen molar-refractivity contribution in [1.82, 2.24) is 4.98 Å². The fourth-order valence-corrected chi connectivity index (χ4v) is 0.564. The second-order valence-electron chi connectivity index (χ2n) is 1.73. The third kappa shape index (κ3) is 3.17. The van der Waals surface area contributed by atoms with Crippen LogP contribution in [0.15, 0.2) is 18.3 Å². The molecule has 1 aromatic heterocycles. The van der Waals surface area contributed by atoms with Gasteiger partial charge in [0, 0.05) is 44.1 Å². The molecule has 55 valence electrons. The van der Waals surface area contributed by atoms with Crippen LogP contribution in [0.2, 0.25) is 0 Å². The van der Waals surface area contributed by atoms with E-state index in [9.17, 15) is 4.79 Å². The van der Waals surface area contributed by atoms with Crippen LogP contribution < -0.4 is 0 Å². The van der Waals surface area contributed by atoms with Crippen LogP contribution in [-0.2, 0) is 0 Å². The quantitative estimate of drug-likeness (QED) is 0.820. The molecule has 0 saturated heterocycles. The second-order valence-corrected chi connectivity index (χ2v) is 1.73. The van der Waals surface area contributed by atoms with E-state index in [4.69, 9.17) is 10.8 Å². The van der Waals surface area contributed by atoms with E-state index < -0.39 is 5.97 Å². The normalized spacial score (nSPS) is 8.36. The maximum absolute atomic E-state index is 10.2. The van der Waals surface area contributed by atoms with E-state index in [-0.39, 0.29) is 55.4 Å². The van der Waals surface area contributed by atoms with Gasteiger partial charge in [-0.15, -0.1) is 0 Å². The van der Waals surface area contributed by atoms with Gasteiger partial charge in [-0.05, 0) is 6.07 Å². The molecule has 1 heterocycles. The first kappa shape index (κ1) is 10.9. The predicted molar refractivity (Wildman–Crippen MR) is 35.2 cm³/mol. The molecule has 1 aromatic rings. The Morgan fingerprint density at radius 3 is 2.64 bits per heavy atom. The molecule has 0 bridgehead atoms. The van der Waals surface area contributed by atoms with Crippen LogP contribution in [0.1, 0.15) is 10.4 Å². The van der Waals surface area contributed by atoms with Crippen molar-refractivity contribution < 1.29 is 54.0 Å². The van der Waals surface area contributed by atoms with Crippen molar-refractivity contribution in [2.75, 3.05) is 0 Å². The molecule has 2 N–H and O–H groups in total. The maximum atomic E-state index is 10.2. The Kier molecular flexibility index (Phi) is 4.62. The molecule has 5 heteroatoms. The summed E-state index contributed by atoms with van der Waals surface area (Å²) in [6.07, 6.45) is 1.30. The summed E-state index contributed by atoms with van der Waals surface area (Å²) in [5.41, 5.74) is 7.05. The van der Waals surface area contributed by atoms with Crippen molar-refractivity contribution in [1.29, 1.82) is 0 Å². The van der Waals surface area contributed by atoms with Crippen molar-refractivity contribution in [3.8, 4) is 0 Å². The Hall–Kier alpha value is -0.138. The molecule has 0 aliphatic carbocycles. The number of carboxylic acid groups (broad SMARTS) is 1. The number of carboxylic acids is 1. The van der Waals surface area contributed by atoms with E-state index in [2.05, 4.69) is 4.98 Å². The number of carbonyl (C=O) groups is 1.